The number of aliphatic hydroxyl groups is 1. The molecular weight excluding hydrogens is 334 g/mol. The first-order valence-electron chi connectivity index (χ1n) is 11.3. The molecule has 5 atom stereocenters. The topological polar surface area (TPSA) is 52.5 Å². The SMILES string of the molecule is C[C@]12CC[C@@H]3c4ccc(O)cc4CC[C@H]3[C@@H]1CC[C@@H]2NCCCCCCO. The molecule has 0 aliphatic heterocycles. The lowest BCUT2D eigenvalue weighted by molar-refractivity contribution is 0.0412. The Kier molecular flexibility index (Phi) is 5.80. The number of benzene rings is 1. The molecule has 1 aromatic carbocycles. The molecule has 3 N–H and O–H groups in total. The number of rotatable bonds is 7. The average Bonchev–Trinajstić information content (AvgIpc) is 3.00. The number of nitrogens with one attached hydrogen (secondary N) is 1. The van der Waals surface area contributed by atoms with Crippen LogP contribution in [0.25, 0.3) is 0 Å². The first-order valence-corrected chi connectivity index (χ1v) is 11.3. The van der Waals surface area contributed by atoms with Crippen LogP contribution in [0.1, 0.15) is 81.8 Å². The minimum absolute atomic E-state index is 0.334. The maximum absolute atomic E-state index is 9.84. The van der Waals surface area contributed by atoms with Gasteiger partial charge in [0.2, 0.25) is 0 Å². The molecule has 0 heterocycles. The average molecular weight is 372 g/mol. The van der Waals surface area contributed by atoms with E-state index in [2.05, 4.69) is 18.3 Å². The number of hydrogen-bond donors (Lipinski definition) is 3. The number of aromatic hydroxyl groups is 1. The standard InChI is InChI=1S/C24H37NO2/c1-24-13-12-20-19-9-7-18(27)16-17(19)6-8-21(20)22(24)10-11-23(24)25-14-4-2-3-5-15-26/h7,9,16,20-23,25-27H,2-6,8,10-15H2,1H3/t20-,21-,22+,23+,24+/m1/s1. The van der Waals surface area contributed by atoms with Crippen molar-refractivity contribution in [3.05, 3.63) is 29.3 Å². The van der Waals surface area contributed by atoms with Gasteiger partial charge in [0.1, 0.15) is 5.75 Å². The molecule has 0 saturated heterocycles. The van der Waals surface area contributed by atoms with Crippen LogP contribution >= 0.6 is 0 Å². The summed E-state index contributed by atoms with van der Waals surface area (Å²) in [5.74, 6) is 2.82. The van der Waals surface area contributed by atoms with Crippen LogP contribution in [0.5, 0.6) is 5.75 Å². The van der Waals surface area contributed by atoms with Crippen LogP contribution in [0.2, 0.25) is 0 Å². The summed E-state index contributed by atoms with van der Waals surface area (Å²) in [6, 6.07) is 6.80. The Hall–Kier alpha value is -1.06. The molecule has 0 unspecified atom stereocenters. The molecule has 3 aliphatic carbocycles. The van der Waals surface area contributed by atoms with Gasteiger partial charge in [0.05, 0.1) is 0 Å². The van der Waals surface area contributed by atoms with E-state index >= 15 is 0 Å². The molecule has 1 aromatic rings. The van der Waals surface area contributed by atoms with Crippen molar-refractivity contribution >= 4 is 0 Å². The maximum atomic E-state index is 9.84. The summed E-state index contributed by atoms with van der Waals surface area (Å²) in [6.45, 7) is 4.03. The van der Waals surface area contributed by atoms with E-state index in [0.717, 1.165) is 37.6 Å². The van der Waals surface area contributed by atoms with Gasteiger partial charge >= 0.3 is 0 Å². The number of unbranched alkanes of at least 4 members (excludes halogenated alkanes) is 3. The molecule has 2 saturated carbocycles. The van der Waals surface area contributed by atoms with Gasteiger partial charge in [-0.15, -0.1) is 0 Å². The van der Waals surface area contributed by atoms with Crippen molar-refractivity contribution in [3.63, 3.8) is 0 Å². The van der Waals surface area contributed by atoms with Gasteiger partial charge in [-0.1, -0.05) is 25.8 Å². The van der Waals surface area contributed by atoms with Gasteiger partial charge in [-0.25, -0.2) is 0 Å². The molecular formula is C24H37NO2. The smallest absolute Gasteiger partial charge is 0.115 e. The van der Waals surface area contributed by atoms with Crippen LogP contribution < -0.4 is 5.32 Å². The van der Waals surface area contributed by atoms with Gasteiger partial charge in [-0.3, -0.25) is 0 Å². The fourth-order valence-electron chi connectivity index (χ4n) is 6.77. The second kappa shape index (κ2) is 8.13. The molecule has 3 aliphatic rings. The number of aryl methyl sites for hydroxylation is 1. The van der Waals surface area contributed by atoms with Crippen LogP contribution in [0.3, 0.4) is 0 Å². The van der Waals surface area contributed by atoms with Crippen molar-refractivity contribution in [2.24, 2.45) is 17.3 Å². The minimum Gasteiger partial charge on any atom is -0.508 e. The zero-order chi connectivity index (χ0) is 18.9. The van der Waals surface area contributed by atoms with Crippen molar-refractivity contribution in [1.82, 2.24) is 5.32 Å². The van der Waals surface area contributed by atoms with Crippen molar-refractivity contribution in [2.45, 2.75) is 83.1 Å². The van der Waals surface area contributed by atoms with E-state index in [-0.39, 0.29) is 0 Å². The van der Waals surface area contributed by atoms with Crippen molar-refractivity contribution in [2.75, 3.05) is 13.2 Å². The van der Waals surface area contributed by atoms with E-state index in [4.69, 9.17) is 5.11 Å². The van der Waals surface area contributed by atoms with Crippen molar-refractivity contribution in [1.29, 1.82) is 0 Å². The maximum Gasteiger partial charge on any atom is 0.115 e. The third-order valence-electron chi connectivity index (χ3n) is 8.19. The zero-order valence-corrected chi connectivity index (χ0v) is 16.9. The highest BCUT2D eigenvalue weighted by atomic mass is 16.3. The molecule has 150 valence electrons. The number of phenols is 1. The van der Waals surface area contributed by atoms with Crippen LogP contribution in [-0.4, -0.2) is 29.4 Å². The normalized spacial score (nSPS) is 34.7. The van der Waals surface area contributed by atoms with E-state index in [1.54, 1.807) is 0 Å². The van der Waals surface area contributed by atoms with Crippen LogP contribution in [0, 0.1) is 17.3 Å². The van der Waals surface area contributed by atoms with E-state index in [1.165, 1.54) is 56.1 Å². The van der Waals surface area contributed by atoms with Gasteiger partial charge in [-0.2, -0.15) is 0 Å². The molecule has 3 nitrogen and oxygen atoms in total. The summed E-state index contributed by atoms with van der Waals surface area (Å²) in [5.41, 5.74) is 3.39. The molecule has 0 amide bonds. The summed E-state index contributed by atoms with van der Waals surface area (Å²) in [6.07, 6.45) is 12.4. The molecule has 0 spiro atoms. The van der Waals surface area contributed by atoms with Crippen LogP contribution in [0.15, 0.2) is 18.2 Å². The Labute approximate surface area is 164 Å². The lowest BCUT2D eigenvalue weighted by Gasteiger charge is -2.51. The van der Waals surface area contributed by atoms with Crippen molar-refractivity contribution in [3.8, 4) is 5.75 Å². The van der Waals surface area contributed by atoms with Crippen LogP contribution in [0.4, 0.5) is 0 Å². The molecule has 2 fully saturated rings. The van der Waals surface area contributed by atoms with Gasteiger partial charge in [0.25, 0.3) is 0 Å². The summed E-state index contributed by atoms with van der Waals surface area (Å²) in [4.78, 5) is 0. The van der Waals surface area contributed by atoms with E-state index < -0.39 is 0 Å². The molecule has 3 heteroatoms. The summed E-state index contributed by atoms with van der Waals surface area (Å²) >= 11 is 0. The largest absolute Gasteiger partial charge is 0.508 e. The number of aliphatic hydroxyl groups excluding tert-OH is 1. The fourth-order valence-corrected chi connectivity index (χ4v) is 6.77. The van der Waals surface area contributed by atoms with E-state index in [0.29, 0.717) is 29.7 Å². The Morgan fingerprint density at radius 2 is 1.93 bits per heavy atom. The molecule has 0 aromatic heterocycles. The van der Waals surface area contributed by atoms with Gasteiger partial charge in [0.15, 0.2) is 0 Å². The Morgan fingerprint density at radius 3 is 2.78 bits per heavy atom. The van der Waals surface area contributed by atoms with Gasteiger partial charge < -0.3 is 15.5 Å². The monoisotopic (exact) mass is 371 g/mol. The Balaban J connectivity index is 1.39. The molecule has 0 bridgehead atoms. The highest BCUT2D eigenvalue weighted by molar-refractivity contribution is 5.40. The van der Waals surface area contributed by atoms with Gasteiger partial charge in [-0.05, 0) is 104 Å². The summed E-state index contributed by atoms with van der Waals surface area (Å²) in [7, 11) is 0. The number of hydrogen-bond acceptors (Lipinski definition) is 3. The zero-order valence-electron chi connectivity index (χ0n) is 16.9. The minimum atomic E-state index is 0.334. The lowest BCUT2D eigenvalue weighted by Crippen LogP contribution is -2.48. The highest BCUT2D eigenvalue weighted by Gasteiger charge is 2.54. The summed E-state index contributed by atoms with van der Waals surface area (Å²) < 4.78 is 0. The predicted molar refractivity (Wildman–Crippen MR) is 110 cm³/mol. The lowest BCUT2D eigenvalue weighted by atomic mass is 9.55. The number of phenolic OH excluding ortho intramolecular Hbond substituents is 1. The Bertz CT molecular complexity index is 645. The fraction of sp³-hybridized carbons (Fsp3) is 0.750. The predicted octanol–water partition coefficient (Wildman–Crippen LogP) is 4.76. The van der Waals surface area contributed by atoms with E-state index in [1.807, 2.05) is 12.1 Å². The number of fused-ring (bicyclic) bond motifs is 5. The van der Waals surface area contributed by atoms with Gasteiger partial charge in [0, 0.05) is 12.6 Å². The first kappa shape index (κ1) is 19.3. The van der Waals surface area contributed by atoms with Crippen molar-refractivity contribution < 1.29 is 10.2 Å². The molecule has 0 radical (unpaired) electrons. The first-order chi connectivity index (χ1) is 13.1. The molecule has 27 heavy (non-hydrogen) atoms. The third-order valence-corrected chi connectivity index (χ3v) is 8.19. The summed E-state index contributed by atoms with van der Waals surface area (Å²) in [5, 5.41) is 22.7. The second-order valence-corrected chi connectivity index (χ2v) is 9.57. The quantitative estimate of drug-likeness (QED) is 0.606. The second-order valence-electron chi connectivity index (χ2n) is 9.57. The highest BCUT2D eigenvalue weighted by Crippen LogP contribution is 2.60. The Morgan fingerprint density at radius 1 is 1.07 bits per heavy atom. The third kappa shape index (κ3) is 3.65. The van der Waals surface area contributed by atoms with E-state index in [9.17, 15) is 5.11 Å². The molecule has 4 rings (SSSR count). The van der Waals surface area contributed by atoms with Crippen LogP contribution in [-0.2, 0) is 6.42 Å².